The van der Waals surface area contributed by atoms with E-state index in [1.54, 1.807) is 4.68 Å². The molecule has 78 valence electrons. The molecule has 1 heterocycles. The second-order valence-corrected chi connectivity index (χ2v) is 4.21. The van der Waals surface area contributed by atoms with Gasteiger partial charge in [-0.15, -0.1) is 0 Å². The first-order chi connectivity index (χ1) is 6.65. The van der Waals surface area contributed by atoms with Crippen molar-refractivity contribution in [3.8, 4) is 0 Å². The molecule has 0 radical (unpaired) electrons. The first kappa shape index (κ1) is 9.65. The van der Waals surface area contributed by atoms with Crippen molar-refractivity contribution in [3.05, 3.63) is 12.2 Å². The molecule has 0 bridgehead atoms. The number of aryl methyl sites for hydroxylation is 1. The van der Waals surface area contributed by atoms with E-state index in [2.05, 4.69) is 10.1 Å². The second-order valence-electron chi connectivity index (χ2n) is 4.21. The van der Waals surface area contributed by atoms with E-state index in [9.17, 15) is 5.11 Å². The van der Waals surface area contributed by atoms with E-state index in [0.717, 1.165) is 25.1 Å². The summed E-state index contributed by atoms with van der Waals surface area (Å²) in [4.78, 5) is 4.15. The summed E-state index contributed by atoms with van der Waals surface area (Å²) in [5, 5.41) is 14.4. The van der Waals surface area contributed by atoms with Crippen molar-refractivity contribution in [2.24, 2.45) is 13.0 Å². The van der Waals surface area contributed by atoms with Gasteiger partial charge in [-0.3, -0.25) is 4.68 Å². The van der Waals surface area contributed by atoms with Crippen molar-refractivity contribution in [3.63, 3.8) is 0 Å². The second kappa shape index (κ2) is 3.35. The maximum absolute atomic E-state index is 10.4. The van der Waals surface area contributed by atoms with Crippen LogP contribution in [0.5, 0.6) is 0 Å². The molecule has 0 amide bonds. The largest absolute Gasteiger partial charge is 0.389 e. The van der Waals surface area contributed by atoms with Gasteiger partial charge in [0.05, 0.1) is 5.60 Å². The van der Waals surface area contributed by atoms with Crippen molar-refractivity contribution in [2.45, 2.75) is 38.2 Å². The summed E-state index contributed by atoms with van der Waals surface area (Å²) in [6, 6.07) is 0. The Hall–Kier alpha value is -0.900. The molecule has 0 saturated heterocycles. The van der Waals surface area contributed by atoms with Crippen LogP contribution in [-0.2, 0) is 13.5 Å². The Bertz CT molecular complexity index is 319. The van der Waals surface area contributed by atoms with E-state index >= 15 is 0 Å². The molecule has 0 aliphatic heterocycles. The van der Waals surface area contributed by atoms with E-state index in [4.69, 9.17) is 0 Å². The van der Waals surface area contributed by atoms with Gasteiger partial charge >= 0.3 is 0 Å². The van der Waals surface area contributed by atoms with E-state index in [1.807, 2.05) is 14.0 Å². The van der Waals surface area contributed by atoms with Crippen molar-refractivity contribution in [2.75, 3.05) is 0 Å². The van der Waals surface area contributed by atoms with Gasteiger partial charge in [0.15, 0.2) is 0 Å². The van der Waals surface area contributed by atoms with E-state index < -0.39 is 5.60 Å². The molecule has 1 saturated carbocycles. The fraction of sp³-hybridized carbons (Fsp3) is 0.800. The molecule has 1 unspecified atom stereocenters. The van der Waals surface area contributed by atoms with E-state index in [1.165, 1.54) is 6.33 Å². The summed E-state index contributed by atoms with van der Waals surface area (Å²) in [7, 11) is 1.87. The first-order valence-corrected chi connectivity index (χ1v) is 5.21. The SMILES string of the molecule is CCC(O)(Cc1ncnn1C)C1CC1. The van der Waals surface area contributed by atoms with Gasteiger partial charge in [-0.2, -0.15) is 5.10 Å². The van der Waals surface area contributed by atoms with Crippen LogP contribution in [0, 0.1) is 5.92 Å². The maximum atomic E-state index is 10.4. The standard InChI is InChI=1S/C10H17N3O/c1-3-10(14,8-4-5-8)6-9-11-7-12-13(9)2/h7-8,14H,3-6H2,1-2H3. The van der Waals surface area contributed by atoms with Crippen LogP contribution in [0.25, 0.3) is 0 Å². The van der Waals surface area contributed by atoms with Gasteiger partial charge in [0.25, 0.3) is 0 Å². The molecule has 1 aliphatic rings. The Morgan fingerprint density at radius 2 is 2.36 bits per heavy atom. The van der Waals surface area contributed by atoms with Gasteiger partial charge in [-0.25, -0.2) is 4.98 Å². The average Bonchev–Trinajstić information content (AvgIpc) is 2.95. The first-order valence-electron chi connectivity index (χ1n) is 5.21. The molecule has 14 heavy (non-hydrogen) atoms. The molecular weight excluding hydrogens is 178 g/mol. The normalized spacial score (nSPS) is 20.8. The van der Waals surface area contributed by atoms with Crippen molar-refractivity contribution < 1.29 is 5.11 Å². The Kier molecular flexibility index (Phi) is 2.31. The van der Waals surface area contributed by atoms with Gasteiger partial charge in [0.2, 0.25) is 0 Å². The molecule has 1 fully saturated rings. The lowest BCUT2D eigenvalue weighted by molar-refractivity contribution is 0.0113. The van der Waals surface area contributed by atoms with E-state index in [0.29, 0.717) is 12.3 Å². The van der Waals surface area contributed by atoms with Gasteiger partial charge < -0.3 is 5.11 Å². The molecule has 4 nitrogen and oxygen atoms in total. The maximum Gasteiger partial charge on any atom is 0.138 e. The molecule has 4 heteroatoms. The van der Waals surface area contributed by atoms with Crippen LogP contribution in [0.1, 0.15) is 32.0 Å². The number of hydrogen-bond donors (Lipinski definition) is 1. The zero-order chi connectivity index (χ0) is 10.2. The van der Waals surface area contributed by atoms with E-state index in [-0.39, 0.29) is 0 Å². The fourth-order valence-electron chi connectivity index (χ4n) is 1.93. The van der Waals surface area contributed by atoms with Gasteiger partial charge in [0.1, 0.15) is 12.2 Å². The van der Waals surface area contributed by atoms with Crippen LogP contribution in [0.4, 0.5) is 0 Å². The Morgan fingerprint density at radius 1 is 1.64 bits per heavy atom. The highest BCUT2D eigenvalue weighted by atomic mass is 16.3. The Balaban J connectivity index is 2.11. The summed E-state index contributed by atoms with van der Waals surface area (Å²) in [6.07, 6.45) is 5.28. The fourth-order valence-corrected chi connectivity index (χ4v) is 1.93. The number of nitrogens with zero attached hydrogens (tertiary/aromatic N) is 3. The van der Waals surface area contributed by atoms with Gasteiger partial charge in [0, 0.05) is 13.5 Å². The van der Waals surface area contributed by atoms with Crippen LogP contribution in [0.3, 0.4) is 0 Å². The minimum atomic E-state index is -0.555. The summed E-state index contributed by atoms with van der Waals surface area (Å²) >= 11 is 0. The van der Waals surface area contributed by atoms with Gasteiger partial charge in [-0.05, 0) is 25.2 Å². The highest BCUT2D eigenvalue weighted by molar-refractivity contribution is 5.01. The minimum Gasteiger partial charge on any atom is -0.389 e. The van der Waals surface area contributed by atoms with Crippen LogP contribution >= 0.6 is 0 Å². The highest BCUT2D eigenvalue weighted by Gasteiger charge is 2.43. The Labute approximate surface area is 84.0 Å². The molecule has 1 atom stereocenters. The minimum absolute atomic E-state index is 0.476. The molecule has 1 aromatic heterocycles. The highest BCUT2D eigenvalue weighted by Crippen LogP contribution is 2.42. The summed E-state index contributed by atoms with van der Waals surface area (Å²) in [5.74, 6) is 1.35. The predicted molar refractivity (Wildman–Crippen MR) is 52.7 cm³/mol. The zero-order valence-corrected chi connectivity index (χ0v) is 8.77. The number of aromatic nitrogens is 3. The van der Waals surface area contributed by atoms with Crippen LogP contribution < -0.4 is 0 Å². The molecule has 0 aromatic carbocycles. The summed E-state index contributed by atoms with van der Waals surface area (Å²) in [6.45, 7) is 2.04. The third kappa shape index (κ3) is 1.66. The molecule has 1 aliphatic carbocycles. The Morgan fingerprint density at radius 3 is 2.79 bits per heavy atom. The number of aliphatic hydroxyl groups is 1. The molecule has 2 rings (SSSR count). The molecule has 1 aromatic rings. The predicted octanol–water partition coefficient (Wildman–Crippen LogP) is 0.909. The van der Waals surface area contributed by atoms with Crippen molar-refractivity contribution >= 4 is 0 Å². The topological polar surface area (TPSA) is 50.9 Å². The molecular formula is C10H17N3O. The number of rotatable bonds is 4. The van der Waals surface area contributed by atoms with Gasteiger partial charge in [-0.1, -0.05) is 6.92 Å². The lowest BCUT2D eigenvalue weighted by Crippen LogP contribution is -2.34. The summed E-state index contributed by atoms with van der Waals surface area (Å²) in [5.41, 5.74) is -0.555. The van der Waals surface area contributed by atoms with Crippen LogP contribution in [0.15, 0.2) is 6.33 Å². The quantitative estimate of drug-likeness (QED) is 0.777. The smallest absolute Gasteiger partial charge is 0.138 e. The van der Waals surface area contributed by atoms with Crippen molar-refractivity contribution in [1.82, 2.24) is 14.8 Å². The lowest BCUT2D eigenvalue weighted by Gasteiger charge is -2.25. The monoisotopic (exact) mass is 195 g/mol. The number of hydrogen-bond acceptors (Lipinski definition) is 3. The third-order valence-corrected chi connectivity index (χ3v) is 3.22. The third-order valence-electron chi connectivity index (χ3n) is 3.22. The van der Waals surface area contributed by atoms with Crippen LogP contribution in [0.2, 0.25) is 0 Å². The van der Waals surface area contributed by atoms with Crippen molar-refractivity contribution in [1.29, 1.82) is 0 Å². The average molecular weight is 195 g/mol. The molecule has 1 N–H and O–H groups in total. The summed E-state index contributed by atoms with van der Waals surface area (Å²) < 4.78 is 1.74. The zero-order valence-electron chi connectivity index (χ0n) is 8.77. The lowest BCUT2D eigenvalue weighted by atomic mass is 9.90. The van der Waals surface area contributed by atoms with Crippen LogP contribution in [-0.4, -0.2) is 25.5 Å². The molecule has 0 spiro atoms.